The number of hydrogen-bond acceptors (Lipinski definition) is 5. The second-order valence-electron chi connectivity index (χ2n) is 4.30. The van der Waals surface area contributed by atoms with E-state index in [2.05, 4.69) is 16.0 Å². The Bertz CT molecular complexity index is 343. The van der Waals surface area contributed by atoms with Crippen molar-refractivity contribution < 1.29 is 20.9 Å². The Kier molecular flexibility index (Phi) is 11.7. The van der Waals surface area contributed by atoms with E-state index >= 15 is 0 Å². The van der Waals surface area contributed by atoms with Crippen molar-refractivity contribution in [2.75, 3.05) is 25.1 Å². The molecule has 4 N–H and O–H groups in total. The van der Waals surface area contributed by atoms with E-state index in [4.69, 9.17) is 1.37 Å². The molecular weight excluding hydrogens is 294 g/mol. The van der Waals surface area contributed by atoms with Crippen LogP contribution in [0.1, 0.15) is 29.0 Å². The highest BCUT2D eigenvalue weighted by atomic mass is 32.2. The molecule has 3 amide bonds. The number of carbonyl (C=O) groups excluding carboxylic acids is 3. The van der Waals surface area contributed by atoms with E-state index in [1.54, 1.807) is 11.8 Å². The second-order valence-corrected chi connectivity index (χ2v) is 5.29. The molecule has 0 aliphatic carbocycles. The van der Waals surface area contributed by atoms with Crippen LogP contribution in [0.15, 0.2) is 0 Å². The number of nitrogens with one attached hydrogen (secondary N) is 3. The van der Waals surface area contributed by atoms with Crippen LogP contribution in [0.4, 0.5) is 0 Å². The lowest BCUT2D eigenvalue weighted by atomic mass is 10.1. The molecule has 0 aromatic rings. The molecule has 124 valence electrons. The third kappa shape index (κ3) is 11.1. The fraction of sp³-hybridized carbons (Fsp3) is 0.769. The highest BCUT2D eigenvalue weighted by Crippen LogP contribution is 1.94. The Labute approximate surface area is 132 Å². The van der Waals surface area contributed by atoms with Gasteiger partial charge in [0.1, 0.15) is 6.04 Å². The number of carbonyl (C=O) groups is 3. The zero-order valence-corrected chi connectivity index (χ0v) is 13.9. The van der Waals surface area contributed by atoms with Gasteiger partial charge in [-0.3, -0.25) is 14.4 Å². The molecule has 0 aromatic carbocycles. The Hall–Kier alpha value is -1.28. The average molecular weight is 322 g/mol. The molecule has 0 spiro atoms. The summed E-state index contributed by atoms with van der Waals surface area (Å²) in [6.07, 6.45) is 1.37. The van der Waals surface area contributed by atoms with Gasteiger partial charge >= 0.3 is 0 Å². The first kappa shape index (κ1) is 19.7. The van der Waals surface area contributed by atoms with Gasteiger partial charge in [-0.25, -0.2) is 0 Å². The SMILES string of the molecule is CSCCC(=O)NCCNC(=O)[C@@H](NC(C)=O)[C@@H](C)O.[2H]C. The van der Waals surface area contributed by atoms with E-state index in [0.29, 0.717) is 13.0 Å². The second kappa shape index (κ2) is 12.5. The maximum atomic E-state index is 11.7. The minimum atomic E-state index is -0.991. The van der Waals surface area contributed by atoms with Crippen molar-refractivity contribution in [1.82, 2.24) is 16.0 Å². The molecule has 0 fully saturated rings. The van der Waals surface area contributed by atoms with E-state index in [1.165, 1.54) is 21.3 Å². The summed E-state index contributed by atoms with van der Waals surface area (Å²) in [7, 11) is 1.25. The van der Waals surface area contributed by atoms with E-state index in [9.17, 15) is 19.5 Å². The summed E-state index contributed by atoms with van der Waals surface area (Å²) in [5.74, 6) is -0.183. The van der Waals surface area contributed by atoms with Gasteiger partial charge in [-0.2, -0.15) is 11.8 Å². The van der Waals surface area contributed by atoms with Crippen LogP contribution >= 0.6 is 11.8 Å². The predicted molar refractivity (Wildman–Crippen MR) is 85.0 cm³/mol. The molecule has 0 aliphatic rings. The van der Waals surface area contributed by atoms with Gasteiger partial charge in [0.15, 0.2) is 0 Å². The molecule has 0 rings (SSSR count). The van der Waals surface area contributed by atoms with Crippen molar-refractivity contribution in [1.29, 1.82) is 0 Å². The molecule has 0 heterocycles. The summed E-state index contributed by atoms with van der Waals surface area (Å²) >= 11 is 1.59. The van der Waals surface area contributed by atoms with Crippen LogP contribution in [0, 0.1) is 0 Å². The highest BCUT2D eigenvalue weighted by molar-refractivity contribution is 7.98. The molecule has 2 atom stereocenters. The fourth-order valence-electron chi connectivity index (χ4n) is 1.40. The zero-order chi connectivity index (χ0) is 17.5. The highest BCUT2D eigenvalue weighted by Gasteiger charge is 2.23. The van der Waals surface area contributed by atoms with Gasteiger partial charge in [-0.05, 0) is 13.2 Å². The molecule has 7 nitrogen and oxygen atoms in total. The summed E-state index contributed by atoms with van der Waals surface area (Å²) < 4.78 is 5.75. The van der Waals surface area contributed by atoms with Gasteiger partial charge < -0.3 is 21.1 Å². The number of rotatable bonds is 9. The fourth-order valence-corrected chi connectivity index (χ4v) is 1.79. The summed E-state index contributed by atoms with van der Waals surface area (Å²) in [5.41, 5.74) is 0. The van der Waals surface area contributed by atoms with E-state index in [1.807, 2.05) is 6.26 Å². The van der Waals surface area contributed by atoms with Crippen molar-refractivity contribution >= 4 is 29.5 Å². The lowest BCUT2D eigenvalue weighted by molar-refractivity contribution is -0.130. The minimum absolute atomic E-state index is 0.0671. The Morgan fingerprint density at radius 2 is 1.86 bits per heavy atom. The Morgan fingerprint density at radius 1 is 1.29 bits per heavy atom. The first-order chi connectivity index (χ1) is 10.4. The summed E-state index contributed by atoms with van der Waals surface area (Å²) in [6, 6.07) is -0.986. The number of amides is 3. The quantitative estimate of drug-likeness (QED) is 0.428. The van der Waals surface area contributed by atoms with Crippen LogP contribution in [-0.2, 0) is 14.4 Å². The number of aliphatic hydroxyl groups is 1. The molecule has 0 saturated carbocycles. The third-order valence-electron chi connectivity index (χ3n) is 2.40. The smallest absolute Gasteiger partial charge is 0.245 e. The molecule has 0 unspecified atom stereocenters. The number of aliphatic hydroxyl groups excluding tert-OH is 1. The molecule has 0 aromatic heterocycles. The van der Waals surface area contributed by atoms with Gasteiger partial charge in [0.25, 0.3) is 0 Å². The lowest BCUT2D eigenvalue weighted by Crippen LogP contribution is -2.52. The van der Waals surface area contributed by atoms with Crippen LogP contribution < -0.4 is 16.0 Å². The van der Waals surface area contributed by atoms with E-state index < -0.39 is 24.0 Å². The first-order valence-corrected chi connectivity index (χ1v) is 7.76. The average Bonchev–Trinajstić information content (AvgIpc) is 2.48. The predicted octanol–water partition coefficient (Wildman–Crippen LogP) is -0.506. The first-order valence-electron chi connectivity index (χ1n) is 7.37. The molecule has 8 heteroatoms. The maximum Gasteiger partial charge on any atom is 0.245 e. The standard InChI is InChI=1S/C12H23N3O4S.CH4/c1-8(16)11(15-9(2)17)12(19)14-6-5-13-10(18)4-7-20-3;/h8,11,16H,4-7H2,1-3H3,(H,13,18)(H,14,19)(H,15,17);1H4/t8-,11+;/m1./s1/i;1D. The van der Waals surface area contributed by atoms with Gasteiger partial charge in [-0.1, -0.05) is 7.40 Å². The van der Waals surface area contributed by atoms with Gasteiger partial charge in [-0.15, -0.1) is 0 Å². The summed E-state index contributed by atoms with van der Waals surface area (Å²) in [5, 5.41) is 17.0. The largest absolute Gasteiger partial charge is 0.391 e. The van der Waals surface area contributed by atoms with Crippen molar-refractivity contribution in [3.05, 3.63) is 0 Å². The third-order valence-corrected chi connectivity index (χ3v) is 3.02. The van der Waals surface area contributed by atoms with Gasteiger partial charge in [0.2, 0.25) is 17.7 Å². The van der Waals surface area contributed by atoms with Crippen molar-refractivity contribution in [3.8, 4) is 0 Å². The van der Waals surface area contributed by atoms with Crippen LogP contribution in [0.5, 0.6) is 0 Å². The summed E-state index contributed by atoms with van der Waals surface area (Å²) in [4.78, 5) is 34.0. The normalized spacial score (nSPS) is 12.9. The molecule has 0 radical (unpaired) electrons. The molecule has 0 saturated heterocycles. The molecular formula is C13H27N3O4S. The maximum absolute atomic E-state index is 11.7. The van der Waals surface area contributed by atoms with E-state index in [-0.39, 0.29) is 12.5 Å². The zero-order valence-electron chi connectivity index (χ0n) is 14.1. The van der Waals surface area contributed by atoms with Crippen molar-refractivity contribution in [3.63, 3.8) is 0 Å². The molecule has 0 bridgehead atoms. The van der Waals surface area contributed by atoms with Crippen LogP contribution in [-0.4, -0.2) is 60.1 Å². The van der Waals surface area contributed by atoms with Gasteiger partial charge in [0.05, 0.1) is 6.10 Å². The Balaban J connectivity index is 0. The van der Waals surface area contributed by atoms with Crippen molar-refractivity contribution in [2.45, 2.75) is 39.8 Å². The van der Waals surface area contributed by atoms with Crippen LogP contribution in [0.3, 0.4) is 0 Å². The topological polar surface area (TPSA) is 108 Å². The molecule has 21 heavy (non-hydrogen) atoms. The van der Waals surface area contributed by atoms with Crippen molar-refractivity contribution in [2.24, 2.45) is 0 Å². The van der Waals surface area contributed by atoms with Crippen LogP contribution in [0.25, 0.3) is 0 Å². The summed E-state index contributed by atoms with van der Waals surface area (Å²) in [6.45, 7) is 3.25. The monoisotopic (exact) mass is 322 g/mol. The molecule has 0 aliphatic heterocycles. The Morgan fingerprint density at radius 3 is 2.33 bits per heavy atom. The number of hydrogen-bond donors (Lipinski definition) is 4. The minimum Gasteiger partial charge on any atom is -0.391 e. The van der Waals surface area contributed by atoms with Gasteiger partial charge in [0, 0.05) is 33.6 Å². The lowest BCUT2D eigenvalue weighted by Gasteiger charge is -2.20. The number of thioether (sulfide) groups is 1. The van der Waals surface area contributed by atoms with E-state index in [0.717, 1.165) is 5.75 Å². The van der Waals surface area contributed by atoms with Crippen LogP contribution in [0.2, 0.25) is 0 Å².